The molecule has 0 unspecified atom stereocenters. The van der Waals surface area contributed by atoms with Crippen LogP contribution in [0.15, 0.2) is 42.5 Å². The molecule has 2 rings (SSSR count). The van der Waals surface area contributed by atoms with E-state index in [1.165, 1.54) is 12.1 Å². The quantitative estimate of drug-likeness (QED) is 0.832. The van der Waals surface area contributed by atoms with Crippen LogP contribution in [-0.2, 0) is 5.88 Å². The van der Waals surface area contributed by atoms with E-state index in [-0.39, 0.29) is 10.6 Å². The number of benzene rings is 2. The molecule has 0 aliphatic carbocycles. The Morgan fingerprint density at radius 3 is 2.42 bits per heavy atom. The number of halogens is 3. The summed E-state index contributed by atoms with van der Waals surface area (Å²) in [6.45, 7) is 0. The van der Waals surface area contributed by atoms with Crippen LogP contribution in [0.2, 0.25) is 5.02 Å². The van der Waals surface area contributed by atoms with Gasteiger partial charge < -0.3 is 5.32 Å². The number of rotatable bonds is 3. The normalized spacial score (nSPS) is 10.3. The van der Waals surface area contributed by atoms with Crippen molar-refractivity contribution in [1.82, 2.24) is 0 Å². The molecule has 5 heteroatoms. The highest BCUT2D eigenvalue weighted by molar-refractivity contribution is 6.30. The van der Waals surface area contributed by atoms with Gasteiger partial charge in [0.25, 0.3) is 5.91 Å². The smallest absolute Gasteiger partial charge is 0.258 e. The van der Waals surface area contributed by atoms with Gasteiger partial charge in [0, 0.05) is 16.6 Å². The van der Waals surface area contributed by atoms with Gasteiger partial charge in [-0.3, -0.25) is 4.79 Å². The highest BCUT2D eigenvalue weighted by atomic mass is 35.5. The number of nitrogens with one attached hydrogen (secondary N) is 1. The minimum Gasteiger partial charge on any atom is -0.322 e. The Balaban J connectivity index is 2.15. The van der Waals surface area contributed by atoms with E-state index in [0.717, 1.165) is 11.6 Å². The first-order valence-corrected chi connectivity index (χ1v) is 6.42. The molecule has 2 aromatic rings. The number of carbonyl (C=O) groups excluding carboxylic acids is 1. The van der Waals surface area contributed by atoms with Gasteiger partial charge in [-0.15, -0.1) is 11.6 Å². The van der Waals surface area contributed by atoms with Crippen molar-refractivity contribution in [3.63, 3.8) is 0 Å². The molecule has 0 fully saturated rings. The fraction of sp³-hybridized carbons (Fsp3) is 0.0714. The summed E-state index contributed by atoms with van der Waals surface area (Å²) in [5.74, 6) is -0.768. The van der Waals surface area contributed by atoms with Gasteiger partial charge in [-0.2, -0.15) is 0 Å². The van der Waals surface area contributed by atoms with E-state index in [2.05, 4.69) is 5.32 Å². The molecule has 0 aliphatic rings. The van der Waals surface area contributed by atoms with Gasteiger partial charge >= 0.3 is 0 Å². The lowest BCUT2D eigenvalue weighted by Crippen LogP contribution is -2.13. The first kappa shape index (κ1) is 13.8. The highest BCUT2D eigenvalue weighted by Crippen LogP contribution is 2.17. The van der Waals surface area contributed by atoms with Crippen molar-refractivity contribution in [2.45, 2.75) is 5.88 Å². The molecule has 0 saturated carbocycles. The van der Waals surface area contributed by atoms with E-state index in [1.807, 2.05) is 0 Å². The van der Waals surface area contributed by atoms with Crippen molar-refractivity contribution in [2.24, 2.45) is 0 Å². The molecule has 0 aliphatic heterocycles. The Hall–Kier alpha value is -1.58. The molecular formula is C14H10Cl2FNO. The molecule has 0 atom stereocenters. The first-order valence-electron chi connectivity index (χ1n) is 5.51. The summed E-state index contributed by atoms with van der Waals surface area (Å²) >= 11 is 11.3. The summed E-state index contributed by atoms with van der Waals surface area (Å²) < 4.78 is 13.6. The first-order chi connectivity index (χ1) is 9.10. The third-order valence-electron chi connectivity index (χ3n) is 2.54. The number of alkyl halides is 1. The average molecular weight is 298 g/mol. The van der Waals surface area contributed by atoms with Gasteiger partial charge in [0.2, 0.25) is 0 Å². The number of anilines is 1. The number of amides is 1. The average Bonchev–Trinajstić information content (AvgIpc) is 2.39. The maximum absolute atomic E-state index is 13.6. The van der Waals surface area contributed by atoms with Crippen molar-refractivity contribution < 1.29 is 9.18 Å². The van der Waals surface area contributed by atoms with Crippen molar-refractivity contribution in [1.29, 1.82) is 0 Å². The largest absolute Gasteiger partial charge is 0.322 e. The van der Waals surface area contributed by atoms with E-state index in [4.69, 9.17) is 23.2 Å². The van der Waals surface area contributed by atoms with E-state index in [0.29, 0.717) is 11.6 Å². The van der Waals surface area contributed by atoms with Crippen LogP contribution >= 0.6 is 23.2 Å². The fourth-order valence-corrected chi connectivity index (χ4v) is 1.89. The van der Waals surface area contributed by atoms with Crippen LogP contribution in [-0.4, -0.2) is 5.91 Å². The summed E-state index contributed by atoms with van der Waals surface area (Å²) in [7, 11) is 0. The third kappa shape index (κ3) is 3.46. The molecule has 0 heterocycles. The molecule has 19 heavy (non-hydrogen) atoms. The Morgan fingerprint density at radius 2 is 1.84 bits per heavy atom. The zero-order valence-electron chi connectivity index (χ0n) is 9.79. The SMILES string of the molecule is O=C(Nc1ccc(CCl)cc1)c1ccc(Cl)cc1F. The zero-order valence-corrected chi connectivity index (χ0v) is 11.3. The van der Waals surface area contributed by atoms with Crippen LogP contribution in [0.5, 0.6) is 0 Å². The lowest BCUT2D eigenvalue weighted by atomic mass is 10.2. The van der Waals surface area contributed by atoms with Gasteiger partial charge in [0.1, 0.15) is 5.82 Å². The van der Waals surface area contributed by atoms with Crippen LogP contribution in [0.4, 0.5) is 10.1 Å². The van der Waals surface area contributed by atoms with Crippen LogP contribution in [0.1, 0.15) is 15.9 Å². The van der Waals surface area contributed by atoms with Crippen molar-refractivity contribution in [3.05, 3.63) is 64.4 Å². The molecule has 1 amide bonds. The second kappa shape index (κ2) is 6.04. The summed E-state index contributed by atoms with van der Waals surface area (Å²) in [6.07, 6.45) is 0. The maximum Gasteiger partial charge on any atom is 0.258 e. The summed E-state index contributed by atoms with van der Waals surface area (Å²) in [5, 5.41) is 2.86. The van der Waals surface area contributed by atoms with E-state index < -0.39 is 11.7 Å². The Kier molecular flexibility index (Phi) is 4.40. The van der Waals surface area contributed by atoms with Crippen LogP contribution in [0.3, 0.4) is 0 Å². The molecule has 0 bridgehead atoms. The zero-order chi connectivity index (χ0) is 13.8. The number of carbonyl (C=O) groups is 1. The predicted octanol–water partition coefficient (Wildman–Crippen LogP) is 4.47. The molecular weight excluding hydrogens is 288 g/mol. The third-order valence-corrected chi connectivity index (χ3v) is 3.09. The predicted molar refractivity (Wildman–Crippen MR) is 75.4 cm³/mol. The molecule has 0 spiro atoms. The van der Waals surface area contributed by atoms with Crippen molar-refractivity contribution in [2.75, 3.05) is 5.32 Å². The molecule has 1 N–H and O–H groups in total. The van der Waals surface area contributed by atoms with Crippen LogP contribution in [0.25, 0.3) is 0 Å². The highest BCUT2D eigenvalue weighted by Gasteiger charge is 2.12. The molecule has 0 aromatic heterocycles. The number of hydrogen-bond acceptors (Lipinski definition) is 1. The molecule has 98 valence electrons. The molecule has 0 radical (unpaired) electrons. The second-order valence-corrected chi connectivity index (χ2v) is 4.61. The van der Waals surface area contributed by atoms with E-state index >= 15 is 0 Å². The summed E-state index contributed by atoms with van der Waals surface area (Å²) in [4.78, 5) is 11.9. The Labute approximate surface area is 120 Å². The van der Waals surface area contributed by atoms with E-state index in [9.17, 15) is 9.18 Å². The second-order valence-electron chi connectivity index (χ2n) is 3.91. The van der Waals surface area contributed by atoms with Crippen molar-refractivity contribution in [3.8, 4) is 0 Å². The Morgan fingerprint density at radius 1 is 1.16 bits per heavy atom. The maximum atomic E-state index is 13.6. The van der Waals surface area contributed by atoms with Gasteiger partial charge in [-0.1, -0.05) is 23.7 Å². The lowest BCUT2D eigenvalue weighted by Gasteiger charge is -2.07. The molecule has 0 saturated heterocycles. The van der Waals surface area contributed by atoms with E-state index in [1.54, 1.807) is 24.3 Å². The summed E-state index contributed by atoms with van der Waals surface area (Å²) in [5.41, 5.74) is 1.47. The lowest BCUT2D eigenvalue weighted by molar-refractivity contribution is 0.102. The summed E-state index contributed by atoms with van der Waals surface area (Å²) in [6, 6.07) is 10.9. The Bertz CT molecular complexity index is 599. The van der Waals surface area contributed by atoms with Gasteiger partial charge in [-0.25, -0.2) is 4.39 Å². The standard InChI is InChI=1S/C14H10Cl2FNO/c15-8-9-1-4-11(5-2-9)18-14(19)12-6-3-10(16)7-13(12)17/h1-7H,8H2,(H,18,19). The van der Waals surface area contributed by atoms with Crippen LogP contribution < -0.4 is 5.32 Å². The van der Waals surface area contributed by atoms with Crippen LogP contribution in [0, 0.1) is 5.82 Å². The van der Waals surface area contributed by atoms with Gasteiger partial charge in [0.05, 0.1) is 5.56 Å². The fourth-order valence-electron chi connectivity index (χ4n) is 1.55. The minimum absolute atomic E-state index is 0.0502. The monoisotopic (exact) mass is 297 g/mol. The molecule has 2 nitrogen and oxygen atoms in total. The topological polar surface area (TPSA) is 29.1 Å². The van der Waals surface area contributed by atoms with Crippen molar-refractivity contribution >= 4 is 34.8 Å². The molecule has 2 aromatic carbocycles. The van der Waals surface area contributed by atoms with Gasteiger partial charge in [-0.05, 0) is 35.9 Å². The van der Waals surface area contributed by atoms with Gasteiger partial charge in [0.15, 0.2) is 0 Å². The minimum atomic E-state index is -0.651. The number of hydrogen-bond donors (Lipinski definition) is 1.